The molecule has 5 heteroatoms. The summed E-state index contributed by atoms with van der Waals surface area (Å²) in [4.78, 5) is 11.2. The zero-order chi connectivity index (χ0) is 13.2. The second-order valence-electron chi connectivity index (χ2n) is 3.90. The average Bonchev–Trinajstić information content (AvgIpc) is 2.38. The highest BCUT2D eigenvalue weighted by molar-refractivity contribution is 5.75. The van der Waals surface area contributed by atoms with Crippen LogP contribution in [0.2, 0.25) is 0 Å². The fraction of sp³-hybridized carbons (Fsp3) is 0.462. The van der Waals surface area contributed by atoms with Gasteiger partial charge in [0.1, 0.15) is 11.6 Å². The van der Waals surface area contributed by atoms with Gasteiger partial charge in [0, 0.05) is 13.0 Å². The van der Waals surface area contributed by atoms with E-state index in [0.717, 1.165) is 0 Å². The summed E-state index contributed by atoms with van der Waals surface area (Å²) in [7, 11) is 0. The van der Waals surface area contributed by atoms with Gasteiger partial charge in [0.2, 0.25) is 5.91 Å². The summed E-state index contributed by atoms with van der Waals surface area (Å²) >= 11 is 0. The van der Waals surface area contributed by atoms with E-state index >= 15 is 0 Å². The number of carbonyl (C=O) groups is 1. The van der Waals surface area contributed by atoms with Crippen molar-refractivity contribution in [3.63, 3.8) is 0 Å². The Bertz CT molecular complexity index is 355. The van der Waals surface area contributed by atoms with E-state index in [1.807, 2.05) is 0 Å². The number of hydrogen-bond donors (Lipinski definition) is 2. The van der Waals surface area contributed by atoms with Crippen LogP contribution >= 0.6 is 0 Å². The van der Waals surface area contributed by atoms with Crippen LogP contribution in [0.1, 0.15) is 19.3 Å². The molecule has 0 aliphatic heterocycles. The van der Waals surface area contributed by atoms with Crippen LogP contribution in [0.4, 0.5) is 4.39 Å². The van der Waals surface area contributed by atoms with Crippen molar-refractivity contribution in [1.29, 1.82) is 0 Å². The lowest BCUT2D eigenvalue weighted by atomic mass is 10.3. The van der Waals surface area contributed by atoms with Gasteiger partial charge in [0.15, 0.2) is 0 Å². The molecule has 0 radical (unpaired) electrons. The second-order valence-corrected chi connectivity index (χ2v) is 3.90. The minimum Gasteiger partial charge on any atom is -0.494 e. The molecule has 0 aromatic heterocycles. The van der Waals surface area contributed by atoms with Gasteiger partial charge in [0.05, 0.1) is 6.61 Å². The molecule has 1 aromatic carbocycles. The minimum atomic E-state index is -0.283. The van der Waals surface area contributed by atoms with Gasteiger partial charge in [-0.1, -0.05) is 0 Å². The van der Waals surface area contributed by atoms with Gasteiger partial charge in [-0.15, -0.1) is 0 Å². The van der Waals surface area contributed by atoms with E-state index in [1.165, 1.54) is 12.1 Å². The van der Waals surface area contributed by atoms with Crippen LogP contribution in [0.15, 0.2) is 24.3 Å². The molecule has 0 aliphatic rings. The van der Waals surface area contributed by atoms with E-state index in [4.69, 9.17) is 10.5 Å². The van der Waals surface area contributed by atoms with E-state index < -0.39 is 0 Å². The van der Waals surface area contributed by atoms with Crippen molar-refractivity contribution in [3.05, 3.63) is 30.1 Å². The van der Waals surface area contributed by atoms with Crippen molar-refractivity contribution in [3.8, 4) is 5.75 Å². The van der Waals surface area contributed by atoms with E-state index in [9.17, 15) is 9.18 Å². The summed E-state index contributed by atoms with van der Waals surface area (Å²) in [5.74, 6) is 0.364. The maximum atomic E-state index is 12.6. The van der Waals surface area contributed by atoms with Crippen LogP contribution in [0.3, 0.4) is 0 Å². The fourth-order valence-electron chi connectivity index (χ4n) is 1.37. The molecule has 0 unspecified atom stereocenters. The Morgan fingerprint density at radius 2 is 2.00 bits per heavy atom. The highest BCUT2D eigenvalue weighted by Crippen LogP contribution is 2.10. The third-order valence-corrected chi connectivity index (χ3v) is 2.33. The highest BCUT2D eigenvalue weighted by atomic mass is 19.1. The molecule has 0 aliphatic carbocycles. The monoisotopic (exact) mass is 254 g/mol. The normalized spacial score (nSPS) is 10.1. The molecular formula is C13H19FN2O2. The van der Waals surface area contributed by atoms with E-state index in [0.29, 0.717) is 44.7 Å². The summed E-state index contributed by atoms with van der Waals surface area (Å²) in [5.41, 5.74) is 5.30. The standard InChI is InChI=1S/C13H19FN2O2/c14-11-4-6-12(7-5-11)18-10-2-9-16-13(17)3-1-8-15/h4-7H,1-3,8-10,15H2,(H,16,17). The fourth-order valence-corrected chi connectivity index (χ4v) is 1.37. The zero-order valence-electron chi connectivity index (χ0n) is 10.3. The Morgan fingerprint density at radius 3 is 2.67 bits per heavy atom. The number of carbonyl (C=O) groups excluding carboxylic acids is 1. The molecule has 0 saturated heterocycles. The minimum absolute atomic E-state index is 0.0160. The van der Waals surface area contributed by atoms with Crippen molar-refractivity contribution in [2.24, 2.45) is 5.73 Å². The van der Waals surface area contributed by atoms with Crippen LogP contribution in [0, 0.1) is 5.82 Å². The van der Waals surface area contributed by atoms with Crippen LogP contribution in [0.5, 0.6) is 5.75 Å². The van der Waals surface area contributed by atoms with Crippen LogP contribution in [0.25, 0.3) is 0 Å². The topological polar surface area (TPSA) is 64.4 Å². The molecule has 4 nitrogen and oxygen atoms in total. The second kappa shape index (κ2) is 8.47. The Kier molecular flexibility index (Phi) is 6.79. The van der Waals surface area contributed by atoms with Crippen molar-refractivity contribution in [1.82, 2.24) is 5.32 Å². The van der Waals surface area contributed by atoms with Crippen molar-refractivity contribution in [2.75, 3.05) is 19.7 Å². The molecule has 100 valence electrons. The third-order valence-electron chi connectivity index (χ3n) is 2.33. The van der Waals surface area contributed by atoms with Gasteiger partial charge in [0.25, 0.3) is 0 Å². The maximum absolute atomic E-state index is 12.6. The molecule has 18 heavy (non-hydrogen) atoms. The number of rotatable bonds is 8. The molecule has 0 heterocycles. The van der Waals surface area contributed by atoms with E-state index in [-0.39, 0.29) is 11.7 Å². The van der Waals surface area contributed by atoms with Gasteiger partial charge in [-0.2, -0.15) is 0 Å². The summed E-state index contributed by atoms with van der Waals surface area (Å²) in [6.07, 6.45) is 1.89. The van der Waals surface area contributed by atoms with Gasteiger partial charge >= 0.3 is 0 Å². The van der Waals surface area contributed by atoms with Crippen LogP contribution in [-0.4, -0.2) is 25.6 Å². The van der Waals surface area contributed by atoms with Gasteiger partial charge in [-0.05, 0) is 43.7 Å². The third kappa shape index (κ3) is 6.20. The number of amides is 1. The number of halogens is 1. The number of benzene rings is 1. The first-order valence-electron chi connectivity index (χ1n) is 6.07. The molecule has 1 aromatic rings. The number of ether oxygens (including phenoxy) is 1. The summed E-state index contributed by atoms with van der Waals surface area (Å²) in [6.45, 7) is 1.59. The predicted molar refractivity (Wildman–Crippen MR) is 67.8 cm³/mol. The lowest BCUT2D eigenvalue weighted by Crippen LogP contribution is -2.25. The quantitative estimate of drug-likeness (QED) is 0.690. The number of nitrogens with one attached hydrogen (secondary N) is 1. The van der Waals surface area contributed by atoms with Crippen molar-refractivity contribution >= 4 is 5.91 Å². The molecule has 0 bridgehead atoms. The van der Waals surface area contributed by atoms with Crippen LogP contribution in [-0.2, 0) is 4.79 Å². The molecular weight excluding hydrogens is 235 g/mol. The predicted octanol–water partition coefficient (Wildman–Crippen LogP) is 1.45. The zero-order valence-corrected chi connectivity index (χ0v) is 10.3. The maximum Gasteiger partial charge on any atom is 0.220 e. The Balaban J connectivity index is 2.05. The van der Waals surface area contributed by atoms with Crippen molar-refractivity contribution in [2.45, 2.75) is 19.3 Å². The highest BCUT2D eigenvalue weighted by Gasteiger charge is 1.99. The number of hydrogen-bond acceptors (Lipinski definition) is 3. The lowest BCUT2D eigenvalue weighted by molar-refractivity contribution is -0.121. The largest absolute Gasteiger partial charge is 0.494 e. The first-order valence-corrected chi connectivity index (χ1v) is 6.07. The van der Waals surface area contributed by atoms with E-state index in [2.05, 4.69) is 5.32 Å². The Morgan fingerprint density at radius 1 is 1.28 bits per heavy atom. The molecule has 1 rings (SSSR count). The SMILES string of the molecule is NCCCC(=O)NCCCOc1ccc(F)cc1. The van der Waals surface area contributed by atoms with Gasteiger partial charge < -0.3 is 15.8 Å². The molecule has 0 atom stereocenters. The lowest BCUT2D eigenvalue weighted by Gasteiger charge is -2.07. The summed E-state index contributed by atoms with van der Waals surface area (Å²) in [6, 6.07) is 5.86. The van der Waals surface area contributed by atoms with Crippen molar-refractivity contribution < 1.29 is 13.9 Å². The van der Waals surface area contributed by atoms with Crippen LogP contribution < -0.4 is 15.8 Å². The first kappa shape index (κ1) is 14.4. The Hall–Kier alpha value is -1.62. The van der Waals surface area contributed by atoms with Gasteiger partial charge in [-0.3, -0.25) is 4.79 Å². The summed E-state index contributed by atoms with van der Waals surface area (Å²) in [5, 5.41) is 2.78. The summed E-state index contributed by atoms with van der Waals surface area (Å²) < 4.78 is 18.0. The first-order chi connectivity index (χ1) is 8.72. The molecule has 0 spiro atoms. The van der Waals surface area contributed by atoms with Gasteiger partial charge in [-0.25, -0.2) is 4.39 Å². The molecule has 1 amide bonds. The number of nitrogens with two attached hydrogens (primary N) is 1. The Labute approximate surface area is 106 Å². The smallest absolute Gasteiger partial charge is 0.220 e. The van der Waals surface area contributed by atoms with E-state index in [1.54, 1.807) is 12.1 Å². The molecule has 0 fully saturated rings. The average molecular weight is 254 g/mol. The molecule has 0 saturated carbocycles. The molecule has 3 N–H and O–H groups in total.